The first kappa shape index (κ1) is 10.9. The van der Waals surface area contributed by atoms with Crippen molar-refractivity contribution in [3.05, 3.63) is 46.2 Å². The van der Waals surface area contributed by atoms with Crippen molar-refractivity contribution in [2.45, 2.75) is 13.3 Å². The van der Waals surface area contributed by atoms with Crippen LogP contribution in [0.5, 0.6) is 0 Å². The fraction of sp³-hybridized carbons (Fsp3) is 0.154. The van der Waals surface area contributed by atoms with Crippen molar-refractivity contribution in [3.63, 3.8) is 0 Å². The molecule has 1 heterocycles. The van der Waals surface area contributed by atoms with Gasteiger partial charge >= 0.3 is 5.97 Å². The van der Waals surface area contributed by atoms with Crippen LogP contribution in [-0.4, -0.2) is 11.1 Å². The van der Waals surface area contributed by atoms with Gasteiger partial charge in [-0.25, -0.2) is 4.79 Å². The summed E-state index contributed by atoms with van der Waals surface area (Å²) in [6.07, 6.45) is 0.996. The molecular formula is C13H12O2S. The van der Waals surface area contributed by atoms with Gasteiger partial charge in [0, 0.05) is 10.9 Å². The van der Waals surface area contributed by atoms with Gasteiger partial charge in [0.15, 0.2) is 0 Å². The van der Waals surface area contributed by atoms with E-state index in [0.29, 0.717) is 5.56 Å². The van der Waals surface area contributed by atoms with Crippen LogP contribution in [0.3, 0.4) is 0 Å². The third-order valence-electron chi connectivity index (χ3n) is 2.57. The molecule has 3 heteroatoms. The minimum Gasteiger partial charge on any atom is -0.478 e. The highest BCUT2D eigenvalue weighted by molar-refractivity contribution is 7.08. The molecule has 0 aliphatic carbocycles. The number of hydrogen-bond donors (Lipinski definition) is 1. The molecule has 0 radical (unpaired) electrons. The van der Waals surface area contributed by atoms with Crippen molar-refractivity contribution in [1.82, 2.24) is 0 Å². The van der Waals surface area contributed by atoms with Crippen LogP contribution in [0, 0.1) is 0 Å². The fourth-order valence-electron chi connectivity index (χ4n) is 1.61. The van der Waals surface area contributed by atoms with Gasteiger partial charge in [-0.05, 0) is 22.9 Å². The van der Waals surface area contributed by atoms with E-state index in [0.717, 1.165) is 17.5 Å². The molecule has 1 aromatic carbocycles. The number of aryl methyl sites for hydroxylation is 1. The van der Waals surface area contributed by atoms with Crippen molar-refractivity contribution in [2.75, 3.05) is 0 Å². The van der Waals surface area contributed by atoms with Gasteiger partial charge in [-0.3, -0.25) is 0 Å². The van der Waals surface area contributed by atoms with Crippen molar-refractivity contribution in [3.8, 4) is 11.1 Å². The van der Waals surface area contributed by atoms with Crippen LogP contribution < -0.4 is 0 Å². The van der Waals surface area contributed by atoms with E-state index in [1.165, 1.54) is 16.9 Å². The molecule has 82 valence electrons. The van der Waals surface area contributed by atoms with E-state index in [1.54, 1.807) is 5.38 Å². The number of carboxylic acids is 1. The van der Waals surface area contributed by atoms with Crippen molar-refractivity contribution in [1.29, 1.82) is 0 Å². The van der Waals surface area contributed by atoms with Crippen LogP contribution >= 0.6 is 11.3 Å². The van der Waals surface area contributed by atoms with E-state index in [-0.39, 0.29) is 0 Å². The summed E-state index contributed by atoms with van der Waals surface area (Å²) in [5, 5.41) is 12.6. The van der Waals surface area contributed by atoms with E-state index in [1.807, 2.05) is 29.6 Å². The fourth-order valence-corrected chi connectivity index (χ4v) is 2.44. The number of carbonyl (C=O) groups is 1. The summed E-state index contributed by atoms with van der Waals surface area (Å²) in [6.45, 7) is 2.10. The third-order valence-corrected chi connectivity index (χ3v) is 3.31. The average Bonchev–Trinajstić information content (AvgIpc) is 2.78. The molecule has 0 amide bonds. The van der Waals surface area contributed by atoms with E-state index < -0.39 is 5.97 Å². The molecule has 0 unspecified atom stereocenters. The lowest BCUT2D eigenvalue weighted by molar-refractivity contribution is 0.0698. The molecule has 0 bridgehead atoms. The Balaban J connectivity index is 2.42. The van der Waals surface area contributed by atoms with E-state index in [2.05, 4.69) is 6.92 Å². The Hall–Kier alpha value is -1.61. The Kier molecular flexibility index (Phi) is 3.06. The first-order chi connectivity index (χ1) is 7.72. The summed E-state index contributed by atoms with van der Waals surface area (Å²) in [5.41, 5.74) is 3.42. The molecule has 1 aromatic heterocycles. The van der Waals surface area contributed by atoms with Gasteiger partial charge in [-0.2, -0.15) is 11.3 Å². The van der Waals surface area contributed by atoms with E-state index in [4.69, 9.17) is 5.11 Å². The average molecular weight is 232 g/mol. The van der Waals surface area contributed by atoms with Crippen LogP contribution in [0.25, 0.3) is 11.1 Å². The van der Waals surface area contributed by atoms with E-state index >= 15 is 0 Å². The van der Waals surface area contributed by atoms with Crippen LogP contribution in [0.15, 0.2) is 35.0 Å². The molecule has 0 saturated carbocycles. The zero-order valence-corrected chi connectivity index (χ0v) is 9.75. The summed E-state index contributed by atoms with van der Waals surface area (Å²) in [5.74, 6) is -0.865. The summed E-state index contributed by atoms with van der Waals surface area (Å²) < 4.78 is 0. The van der Waals surface area contributed by atoms with Gasteiger partial charge in [0.05, 0.1) is 5.56 Å². The highest BCUT2D eigenvalue weighted by Gasteiger charge is 2.12. The summed E-state index contributed by atoms with van der Waals surface area (Å²) in [4.78, 5) is 11.0. The van der Waals surface area contributed by atoms with Gasteiger partial charge in [-0.1, -0.05) is 31.2 Å². The number of thiophene rings is 1. The Labute approximate surface area is 98.2 Å². The normalized spacial score (nSPS) is 10.3. The maximum Gasteiger partial charge on any atom is 0.337 e. The summed E-state index contributed by atoms with van der Waals surface area (Å²) >= 11 is 1.42. The highest BCUT2D eigenvalue weighted by atomic mass is 32.1. The molecule has 0 saturated heterocycles. The molecule has 0 fully saturated rings. The van der Waals surface area contributed by atoms with Crippen LogP contribution in [0.1, 0.15) is 22.8 Å². The Morgan fingerprint density at radius 1 is 1.25 bits per heavy atom. The Morgan fingerprint density at radius 3 is 2.50 bits per heavy atom. The van der Waals surface area contributed by atoms with E-state index in [9.17, 15) is 4.79 Å². The lowest BCUT2D eigenvalue weighted by Gasteiger charge is -2.02. The zero-order valence-electron chi connectivity index (χ0n) is 8.93. The molecule has 2 aromatic rings. The van der Waals surface area contributed by atoms with Crippen molar-refractivity contribution < 1.29 is 9.90 Å². The summed E-state index contributed by atoms with van der Waals surface area (Å²) in [6, 6.07) is 8.04. The van der Waals surface area contributed by atoms with Crippen LogP contribution in [0.2, 0.25) is 0 Å². The number of carboxylic acid groups (broad SMARTS) is 1. The topological polar surface area (TPSA) is 37.3 Å². The third kappa shape index (κ3) is 1.99. The van der Waals surface area contributed by atoms with Gasteiger partial charge in [0.25, 0.3) is 0 Å². The van der Waals surface area contributed by atoms with Gasteiger partial charge in [0.2, 0.25) is 0 Å². The van der Waals surface area contributed by atoms with Crippen molar-refractivity contribution >= 4 is 17.3 Å². The lowest BCUT2D eigenvalue weighted by atomic mass is 10.0. The molecule has 2 nitrogen and oxygen atoms in total. The predicted molar refractivity (Wildman–Crippen MR) is 66.1 cm³/mol. The maximum absolute atomic E-state index is 11.0. The number of benzene rings is 1. The predicted octanol–water partition coefficient (Wildman–Crippen LogP) is 3.68. The monoisotopic (exact) mass is 232 g/mol. The first-order valence-electron chi connectivity index (χ1n) is 5.11. The number of hydrogen-bond acceptors (Lipinski definition) is 2. The second kappa shape index (κ2) is 4.49. The zero-order chi connectivity index (χ0) is 11.5. The lowest BCUT2D eigenvalue weighted by Crippen LogP contribution is -1.95. The molecule has 16 heavy (non-hydrogen) atoms. The molecule has 2 rings (SSSR count). The summed E-state index contributed by atoms with van der Waals surface area (Å²) in [7, 11) is 0. The van der Waals surface area contributed by atoms with Crippen molar-refractivity contribution in [2.24, 2.45) is 0 Å². The van der Waals surface area contributed by atoms with Crippen LogP contribution in [0.4, 0.5) is 0 Å². The largest absolute Gasteiger partial charge is 0.478 e. The minimum absolute atomic E-state index is 0.384. The molecule has 0 spiro atoms. The second-order valence-electron chi connectivity index (χ2n) is 3.55. The Bertz CT molecular complexity index is 497. The standard InChI is InChI=1S/C13H12O2S/c1-2-9-3-5-10(6-4-9)11-7-16-8-12(11)13(14)15/h3-8H,2H2,1H3,(H,14,15). The van der Waals surface area contributed by atoms with Gasteiger partial charge in [-0.15, -0.1) is 0 Å². The molecule has 1 N–H and O–H groups in total. The quantitative estimate of drug-likeness (QED) is 0.876. The molecule has 0 aliphatic rings. The molecule has 0 aliphatic heterocycles. The maximum atomic E-state index is 11.0. The van der Waals surface area contributed by atoms with Crippen LogP contribution in [-0.2, 0) is 6.42 Å². The number of aromatic carboxylic acids is 1. The molecular weight excluding hydrogens is 220 g/mol. The first-order valence-corrected chi connectivity index (χ1v) is 6.05. The highest BCUT2D eigenvalue weighted by Crippen LogP contribution is 2.27. The van der Waals surface area contributed by atoms with Gasteiger partial charge in [0.1, 0.15) is 0 Å². The Morgan fingerprint density at radius 2 is 1.94 bits per heavy atom. The SMILES string of the molecule is CCc1ccc(-c2cscc2C(=O)O)cc1. The van der Waals surface area contributed by atoms with Gasteiger partial charge < -0.3 is 5.11 Å². The smallest absolute Gasteiger partial charge is 0.337 e. The second-order valence-corrected chi connectivity index (χ2v) is 4.30. The minimum atomic E-state index is -0.865. The molecule has 0 atom stereocenters. The number of rotatable bonds is 3.